The largest absolute Gasteiger partial charge is 0.505 e. The fourth-order valence-corrected chi connectivity index (χ4v) is 3.16. The molecule has 0 aliphatic carbocycles. The molecule has 1 fully saturated rings. The van der Waals surface area contributed by atoms with E-state index in [1.165, 1.54) is 6.92 Å². The molecule has 10 heteroatoms. The number of carbonyl (C=O) groups is 1. The predicted molar refractivity (Wildman–Crippen MR) is 86.9 cm³/mol. The number of rotatable bonds is 3. The highest BCUT2D eigenvalue weighted by molar-refractivity contribution is 6.39. The summed E-state index contributed by atoms with van der Waals surface area (Å²) in [6, 6.07) is 0. The van der Waals surface area contributed by atoms with E-state index in [-0.39, 0.29) is 17.0 Å². The number of aliphatic hydroxyl groups excluding tert-OH is 3. The van der Waals surface area contributed by atoms with E-state index < -0.39 is 58.8 Å². The van der Waals surface area contributed by atoms with Crippen molar-refractivity contribution in [2.45, 2.75) is 51.0 Å². The smallest absolute Gasteiger partial charge is 0.342 e. The van der Waals surface area contributed by atoms with Crippen molar-refractivity contribution in [2.75, 3.05) is 0 Å². The number of hydrogen-bond donors (Lipinski definition) is 5. The third-order valence-electron chi connectivity index (χ3n) is 4.03. The molecule has 5 atom stereocenters. The Bertz CT molecular complexity index is 666. The number of ether oxygens (including phenoxy) is 2. The van der Waals surface area contributed by atoms with E-state index in [0.29, 0.717) is 0 Å². The lowest BCUT2D eigenvalue weighted by molar-refractivity contribution is -0.277. The summed E-state index contributed by atoms with van der Waals surface area (Å²) < 4.78 is 9.97. The van der Waals surface area contributed by atoms with Crippen LogP contribution in [0.5, 0.6) is 11.5 Å². The number of esters is 1. The Balaban J connectivity index is 2.41. The van der Waals surface area contributed by atoms with E-state index >= 15 is 0 Å². The van der Waals surface area contributed by atoms with Crippen LogP contribution in [0.25, 0.3) is 0 Å². The van der Waals surface area contributed by atoms with Gasteiger partial charge in [0.2, 0.25) is 0 Å². The van der Waals surface area contributed by atoms with Gasteiger partial charge in [-0.15, -0.1) is 0 Å². The fraction of sp³-hybridized carbons (Fsp3) is 0.533. The minimum Gasteiger partial charge on any atom is -0.505 e. The average Bonchev–Trinajstić information content (AvgIpc) is 2.57. The highest BCUT2D eigenvalue weighted by atomic mass is 35.5. The van der Waals surface area contributed by atoms with E-state index in [1.807, 2.05) is 0 Å². The molecule has 1 aromatic carbocycles. The summed E-state index contributed by atoms with van der Waals surface area (Å²) in [5.74, 6) is -2.46. The molecule has 0 radical (unpaired) electrons. The molecular weight excluding hydrogens is 379 g/mol. The van der Waals surface area contributed by atoms with Crippen molar-refractivity contribution in [3.8, 4) is 11.5 Å². The van der Waals surface area contributed by atoms with Crippen molar-refractivity contribution in [1.82, 2.24) is 0 Å². The van der Waals surface area contributed by atoms with E-state index in [4.69, 9.17) is 32.7 Å². The summed E-state index contributed by atoms with van der Waals surface area (Å²) in [6.07, 6.45) is -7.06. The molecule has 8 nitrogen and oxygen atoms in total. The lowest BCUT2D eigenvalue weighted by Gasteiger charge is -2.38. The number of phenolic OH excluding ortho intramolecular Hbond substituents is 2. The maximum atomic E-state index is 12.5. The fourth-order valence-electron chi connectivity index (χ4n) is 2.60. The first-order valence-corrected chi connectivity index (χ1v) is 8.19. The highest BCUT2D eigenvalue weighted by Gasteiger charge is 2.45. The summed E-state index contributed by atoms with van der Waals surface area (Å²) in [5, 5.41) is 48.7. The first kappa shape index (κ1) is 20.0. The Kier molecular flexibility index (Phi) is 6.03. The van der Waals surface area contributed by atoms with Gasteiger partial charge in [-0.3, -0.25) is 0 Å². The van der Waals surface area contributed by atoms with Gasteiger partial charge in [0.1, 0.15) is 22.8 Å². The second-order valence-electron chi connectivity index (χ2n) is 5.62. The molecule has 0 saturated carbocycles. The van der Waals surface area contributed by atoms with Gasteiger partial charge in [0, 0.05) is 0 Å². The van der Waals surface area contributed by atoms with Crippen LogP contribution in [-0.2, 0) is 15.9 Å². The molecule has 25 heavy (non-hydrogen) atoms. The van der Waals surface area contributed by atoms with Crippen molar-refractivity contribution in [3.05, 3.63) is 21.2 Å². The maximum absolute atomic E-state index is 12.5. The van der Waals surface area contributed by atoms with Crippen LogP contribution >= 0.6 is 23.2 Å². The van der Waals surface area contributed by atoms with Crippen molar-refractivity contribution < 1.29 is 39.8 Å². The molecule has 1 aromatic rings. The number of carbonyl (C=O) groups excluding carboxylic acids is 1. The van der Waals surface area contributed by atoms with Crippen molar-refractivity contribution in [2.24, 2.45) is 0 Å². The van der Waals surface area contributed by atoms with E-state index in [0.717, 1.165) is 0 Å². The van der Waals surface area contributed by atoms with Crippen molar-refractivity contribution >= 4 is 29.2 Å². The zero-order valence-corrected chi connectivity index (χ0v) is 14.8. The van der Waals surface area contributed by atoms with Gasteiger partial charge in [-0.25, -0.2) is 4.79 Å². The second-order valence-corrected chi connectivity index (χ2v) is 6.37. The van der Waals surface area contributed by atoms with Crippen LogP contribution in [-0.4, -0.2) is 62.2 Å². The Hall–Kier alpha value is -1.29. The zero-order chi connectivity index (χ0) is 19.0. The van der Waals surface area contributed by atoms with Crippen LogP contribution in [0.15, 0.2) is 0 Å². The minimum atomic E-state index is -1.70. The van der Waals surface area contributed by atoms with E-state index in [1.54, 1.807) is 6.92 Å². The Morgan fingerprint density at radius 1 is 1.12 bits per heavy atom. The number of halogens is 2. The Labute approximate surface area is 153 Å². The van der Waals surface area contributed by atoms with Crippen LogP contribution in [0.4, 0.5) is 0 Å². The highest BCUT2D eigenvalue weighted by Crippen LogP contribution is 2.44. The third-order valence-corrected chi connectivity index (χ3v) is 4.79. The minimum absolute atomic E-state index is 0.0794. The summed E-state index contributed by atoms with van der Waals surface area (Å²) >= 11 is 11.7. The summed E-state index contributed by atoms with van der Waals surface area (Å²) in [5.41, 5.74) is -0.320. The predicted octanol–water partition coefficient (Wildman–Crippen LogP) is 0.951. The topological polar surface area (TPSA) is 137 Å². The van der Waals surface area contributed by atoms with Gasteiger partial charge in [0.15, 0.2) is 23.9 Å². The van der Waals surface area contributed by atoms with Gasteiger partial charge in [0.25, 0.3) is 0 Å². The van der Waals surface area contributed by atoms with Gasteiger partial charge in [-0.05, 0) is 18.9 Å². The molecule has 0 bridgehead atoms. The number of phenols is 2. The molecule has 1 heterocycles. The van der Waals surface area contributed by atoms with Gasteiger partial charge < -0.3 is 35.0 Å². The monoisotopic (exact) mass is 396 g/mol. The maximum Gasteiger partial charge on any atom is 0.342 e. The number of benzene rings is 1. The summed E-state index contributed by atoms with van der Waals surface area (Å²) in [6.45, 7) is 3.04. The third kappa shape index (κ3) is 3.51. The zero-order valence-electron chi connectivity index (χ0n) is 13.3. The van der Waals surface area contributed by atoms with Gasteiger partial charge >= 0.3 is 5.97 Å². The average molecular weight is 397 g/mol. The Morgan fingerprint density at radius 3 is 2.28 bits per heavy atom. The molecule has 0 amide bonds. The number of hydrogen-bond acceptors (Lipinski definition) is 8. The molecule has 1 saturated heterocycles. The number of aromatic hydroxyl groups is 2. The van der Waals surface area contributed by atoms with Crippen LogP contribution in [0, 0.1) is 0 Å². The normalized spacial score (nSPS) is 29.5. The van der Waals surface area contributed by atoms with Crippen molar-refractivity contribution in [3.63, 3.8) is 0 Å². The molecule has 2 rings (SSSR count). The molecule has 140 valence electrons. The van der Waals surface area contributed by atoms with Gasteiger partial charge in [-0.1, -0.05) is 30.1 Å². The molecule has 0 aromatic heterocycles. The first-order chi connectivity index (χ1) is 11.6. The molecule has 5 N–H and O–H groups in total. The molecule has 1 aliphatic heterocycles. The second kappa shape index (κ2) is 7.53. The molecule has 1 aliphatic rings. The van der Waals surface area contributed by atoms with Crippen LogP contribution in [0.1, 0.15) is 29.8 Å². The SMILES string of the molecule is CCc1c(Cl)c(O)c(Cl)c(O)c1C(=O)O[C@@H]1[C@H](O)[C@H](O)O[C@H](C)[C@H]1O. The van der Waals surface area contributed by atoms with E-state index in [2.05, 4.69) is 0 Å². The number of aliphatic hydroxyl groups is 3. The molecular formula is C15H18Cl2O8. The van der Waals surface area contributed by atoms with Gasteiger partial charge in [0.05, 0.1) is 11.1 Å². The lowest BCUT2D eigenvalue weighted by Crippen LogP contribution is -2.58. The molecule has 0 spiro atoms. The van der Waals surface area contributed by atoms with Crippen LogP contribution in [0.3, 0.4) is 0 Å². The first-order valence-electron chi connectivity index (χ1n) is 7.44. The quantitative estimate of drug-likeness (QED) is 0.476. The van der Waals surface area contributed by atoms with Crippen LogP contribution < -0.4 is 0 Å². The summed E-state index contributed by atoms with van der Waals surface area (Å²) in [4.78, 5) is 12.5. The van der Waals surface area contributed by atoms with E-state index in [9.17, 15) is 30.3 Å². The summed E-state index contributed by atoms with van der Waals surface area (Å²) in [7, 11) is 0. The lowest BCUT2D eigenvalue weighted by atomic mass is 9.99. The van der Waals surface area contributed by atoms with Crippen molar-refractivity contribution in [1.29, 1.82) is 0 Å². The van der Waals surface area contributed by atoms with Crippen LogP contribution in [0.2, 0.25) is 10.0 Å². The Morgan fingerprint density at radius 2 is 1.72 bits per heavy atom. The molecule has 0 unspecified atom stereocenters. The van der Waals surface area contributed by atoms with Gasteiger partial charge in [-0.2, -0.15) is 0 Å². The standard InChI is InChI=1S/C15H18Cl2O8/c1-3-5-6(10(19)8(17)11(20)7(5)16)14(22)25-13-9(18)4(2)24-15(23)12(13)21/h4,9,12-13,15,18-21,23H,3H2,1-2H3/t4-,9-,12+,13+,15-/m1/s1.